The van der Waals surface area contributed by atoms with Crippen molar-refractivity contribution in [2.45, 2.75) is 38.0 Å². The lowest BCUT2D eigenvalue weighted by molar-refractivity contribution is -0.119. The van der Waals surface area contributed by atoms with Gasteiger partial charge in [-0.1, -0.05) is 43.7 Å². The van der Waals surface area contributed by atoms with Crippen molar-refractivity contribution in [3.05, 3.63) is 65.2 Å². The summed E-state index contributed by atoms with van der Waals surface area (Å²) in [6, 6.07) is 13.5. The first-order valence-corrected chi connectivity index (χ1v) is 10.5. The number of unbranched alkanes of at least 4 members (excludes halogenated alkanes) is 1. The van der Waals surface area contributed by atoms with Crippen LogP contribution in [0.5, 0.6) is 0 Å². The second-order valence-corrected chi connectivity index (χ2v) is 8.03. The van der Waals surface area contributed by atoms with Crippen LogP contribution in [-0.2, 0) is 16.1 Å². The van der Waals surface area contributed by atoms with E-state index in [0.29, 0.717) is 17.7 Å². The fraction of sp³-hybridized carbons (Fsp3) is 0.273. The Kier molecular flexibility index (Phi) is 6.89. The molecule has 0 aromatic heterocycles. The van der Waals surface area contributed by atoms with Gasteiger partial charge in [0, 0.05) is 12.1 Å². The second kappa shape index (κ2) is 9.58. The Hall–Kier alpha value is -3.13. The number of carbonyl (C=O) groups is 4. The van der Waals surface area contributed by atoms with Crippen LogP contribution < -0.4 is 10.2 Å². The molecule has 2 aromatic rings. The van der Waals surface area contributed by atoms with Gasteiger partial charge in [0.2, 0.25) is 11.8 Å². The molecule has 1 saturated heterocycles. The molecule has 1 aliphatic heterocycles. The third-order valence-electron chi connectivity index (χ3n) is 4.76. The minimum atomic E-state index is -1.05. The minimum Gasteiger partial charge on any atom is -0.478 e. The molecule has 0 bridgehead atoms. The highest BCUT2D eigenvalue weighted by Gasteiger charge is 2.32. The number of hydrogen-bond donors (Lipinski definition) is 2. The van der Waals surface area contributed by atoms with Crippen LogP contribution in [0.4, 0.5) is 10.5 Å². The lowest BCUT2D eigenvalue weighted by atomic mass is 10.1. The fourth-order valence-corrected chi connectivity index (χ4v) is 3.98. The minimum absolute atomic E-state index is 0.0835. The number of anilines is 1. The highest BCUT2D eigenvalue weighted by molar-refractivity contribution is 8.15. The molecule has 2 aromatic carbocycles. The zero-order chi connectivity index (χ0) is 21.7. The van der Waals surface area contributed by atoms with Crippen molar-refractivity contribution in [1.82, 2.24) is 5.32 Å². The van der Waals surface area contributed by atoms with E-state index in [-0.39, 0.29) is 29.2 Å². The number of imide groups is 1. The zero-order valence-electron chi connectivity index (χ0n) is 16.5. The average Bonchev–Trinajstić information content (AvgIpc) is 3.08. The Balaban J connectivity index is 1.83. The van der Waals surface area contributed by atoms with Gasteiger partial charge in [-0.2, -0.15) is 0 Å². The lowest BCUT2D eigenvalue weighted by Crippen LogP contribution is -2.30. The number of hydrogen-bond acceptors (Lipinski definition) is 5. The predicted molar refractivity (Wildman–Crippen MR) is 114 cm³/mol. The molecule has 8 heteroatoms. The average molecular weight is 426 g/mol. The number of nitrogens with one attached hydrogen (secondary N) is 1. The summed E-state index contributed by atoms with van der Waals surface area (Å²) in [5.41, 5.74) is 2.18. The van der Waals surface area contributed by atoms with Crippen molar-refractivity contribution in [3.8, 4) is 0 Å². The topological polar surface area (TPSA) is 104 Å². The van der Waals surface area contributed by atoms with Gasteiger partial charge in [0.25, 0.3) is 5.24 Å². The van der Waals surface area contributed by atoms with Gasteiger partial charge < -0.3 is 10.0 Å². The normalized spacial score (nSPS) is 15.7. The fourth-order valence-electron chi connectivity index (χ4n) is 3.15. The Morgan fingerprint density at radius 2 is 1.87 bits per heavy atom. The number of rotatable bonds is 8. The highest BCUT2D eigenvalue weighted by Crippen LogP contribution is 2.34. The van der Waals surface area contributed by atoms with Gasteiger partial charge in [-0.05, 0) is 47.5 Å². The van der Waals surface area contributed by atoms with Crippen molar-refractivity contribution in [3.63, 3.8) is 0 Å². The summed E-state index contributed by atoms with van der Waals surface area (Å²) in [5.74, 6) is -1.47. The van der Waals surface area contributed by atoms with Crippen LogP contribution >= 0.6 is 11.8 Å². The molecular weight excluding hydrogens is 404 g/mol. The molecule has 30 heavy (non-hydrogen) atoms. The maximum Gasteiger partial charge on any atom is 0.335 e. The summed E-state index contributed by atoms with van der Waals surface area (Å²) in [5, 5.41) is 10.6. The van der Waals surface area contributed by atoms with Crippen molar-refractivity contribution in [2.75, 3.05) is 4.90 Å². The molecule has 7 nitrogen and oxygen atoms in total. The molecule has 1 atom stereocenters. The van der Waals surface area contributed by atoms with Gasteiger partial charge in [0.1, 0.15) is 5.25 Å². The first-order valence-electron chi connectivity index (χ1n) is 9.63. The van der Waals surface area contributed by atoms with Crippen LogP contribution in [0, 0.1) is 0 Å². The number of nitrogens with zero attached hydrogens (tertiary/aromatic N) is 1. The van der Waals surface area contributed by atoms with E-state index < -0.39 is 11.2 Å². The quantitative estimate of drug-likeness (QED) is 0.658. The van der Waals surface area contributed by atoms with Gasteiger partial charge in [-0.15, -0.1) is 0 Å². The molecule has 0 radical (unpaired) electrons. The van der Waals surface area contributed by atoms with E-state index in [0.717, 1.165) is 30.2 Å². The number of carboxylic acid groups (broad SMARTS) is 1. The predicted octanol–water partition coefficient (Wildman–Crippen LogP) is 4.13. The van der Waals surface area contributed by atoms with E-state index in [4.69, 9.17) is 0 Å². The molecule has 0 saturated carbocycles. The molecule has 1 heterocycles. The van der Waals surface area contributed by atoms with Crippen molar-refractivity contribution in [1.29, 1.82) is 0 Å². The largest absolute Gasteiger partial charge is 0.478 e. The molecule has 1 fully saturated rings. The molecule has 3 rings (SSSR count). The number of carboxylic acids is 1. The summed E-state index contributed by atoms with van der Waals surface area (Å²) in [7, 11) is 0. The Bertz CT molecular complexity index is 974. The van der Waals surface area contributed by atoms with Crippen molar-refractivity contribution < 1.29 is 24.3 Å². The molecule has 3 amide bonds. The number of benzene rings is 2. The van der Waals surface area contributed by atoms with E-state index >= 15 is 0 Å². The van der Waals surface area contributed by atoms with Gasteiger partial charge in [-0.25, -0.2) is 4.79 Å². The van der Waals surface area contributed by atoms with E-state index in [1.54, 1.807) is 29.2 Å². The molecule has 0 spiro atoms. The number of carbonyl (C=O) groups excluding carboxylic acids is 3. The van der Waals surface area contributed by atoms with Crippen LogP contribution in [0.1, 0.15) is 52.9 Å². The smallest absolute Gasteiger partial charge is 0.335 e. The van der Waals surface area contributed by atoms with Gasteiger partial charge in [-0.3, -0.25) is 19.7 Å². The van der Waals surface area contributed by atoms with Gasteiger partial charge >= 0.3 is 5.97 Å². The van der Waals surface area contributed by atoms with E-state index in [2.05, 4.69) is 5.32 Å². The summed E-state index contributed by atoms with van der Waals surface area (Å²) in [6.45, 7) is 2.28. The molecule has 156 valence electrons. The molecule has 1 unspecified atom stereocenters. The number of aromatic carboxylic acids is 1. The first kappa shape index (κ1) is 21.6. The molecule has 0 aliphatic carbocycles. The van der Waals surface area contributed by atoms with Crippen LogP contribution in [0.15, 0.2) is 48.5 Å². The highest BCUT2D eigenvalue weighted by atomic mass is 32.2. The maximum atomic E-state index is 12.8. The first-order chi connectivity index (χ1) is 14.4. The van der Waals surface area contributed by atoms with E-state index in [1.165, 1.54) is 12.1 Å². The summed E-state index contributed by atoms with van der Waals surface area (Å²) < 4.78 is 0. The van der Waals surface area contributed by atoms with Gasteiger partial charge in [0.15, 0.2) is 0 Å². The Morgan fingerprint density at radius 3 is 2.47 bits per heavy atom. The maximum absolute atomic E-state index is 12.8. The number of amides is 3. The summed E-state index contributed by atoms with van der Waals surface area (Å²) >= 11 is 0.942. The second-order valence-electron chi connectivity index (χ2n) is 6.96. The lowest BCUT2D eigenvalue weighted by Gasteiger charge is -2.24. The van der Waals surface area contributed by atoms with Crippen molar-refractivity contribution in [2.24, 2.45) is 0 Å². The Labute approximate surface area is 178 Å². The molecule has 2 N–H and O–H groups in total. The monoisotopic (exact) mass is 426 g/mol. The molecular formula is C22H22N2O5S. The third-order valence-corrected chi connectivity index (χ3v) is 5.80. The van der Waals surface area contributed by atoms with Gasteiger partial charge in [0.05, 0.1) is 12.1 Å². The number of thioether (sulfide) groups is 1. The zero-order valence-corrected chi connectivity index (χ0v) is 17.3. The SMILES string of the molecule is CCCCC(=O)N(Cc1ccc(C2SC(=O)NC2=O)cc1)c1cccc(C(=O)O)c1. The summed E-state index contributed by atoms with van der Waals surface area (Å²) in [4.78, 5) is 49.0. The van der Waals surface area contributed by atoms with Crippen LogP contribution in [0.3, 0.4) is 0 Å². The van der Waals surface area contributed by atoms with E-state index in [1.807, 2.05) is 19.1 Å². The van der Waals surface area contributed by atoms with Crippen LogP contribution in [0.2, 0.25) is 0 Å². The third kappa shape index (κ3) is 5.07. The molecule has 1 aliphatic rings. The van der Waals surface area contributed by atoms with Crippen LogP contribution in [-0.4, -0.2) is 28.1 Å². The van der Waals surface area contributed by atoms with E-state index in [9.17, 15) is 24.3 Å². The van der Waals surface area contributed by atoms with Crippen molar-refractivity contribution >= 4 is 40.5 Å². The standard InChI is InChI=1S/C22H22N2O5S/c1-2-3-7-18(25)24(17-6-4-5-16(12-17)21(27)28)13-14-8-10-15(11-9-14)19-20(26)23-22(29)30-19/h4-6,8-12,19H,2-3,7,13H2,1H3,(H,27,28)(H,23,26,29). The van der Waals surface area contributed by atoms with Crippen LogP contribution in [0.25, 0.3) is 0 Å². The summed E-state index contributed by atoms with van der Waals surface area (Å²) in [6.07, 6.45) is 1.99. The Morgan fingerprint density at radius 1 is 1.13 bits per heavy atom.